The fourth-order valence-corrected chi connectivity index (χ4v) is 2.48. The molecule has 23 heavy (non-hydrogen) atoms. The number of hydrogen-bond acceptors (Lipinski definition) is 4. The molecule has 0 spiro atoms. The van der Waals surface area contributed by atoms with Crippen molar-refractivity contribution in [2.24, 2.45) is 0 Å². The average molecular weight is 309 g/mol. The van der Waals surface area contributed by atoms with Gasteiger partial charge >= 0.3 is 5.91 Å². The lowest BCUT2D eigenvalue weighted by Crippen LogP contribution is -2.31. The molecule has 0 aromatic heterocycles. The number of aliphatic hydroxyl groups is 1. The number of aliphatic hydroxyl groups excluding tert-OH is 1. The number of anilines is 1. The van der Waals surface area contributed by atoms with Crippen molar-refractivity contribution < 1.29 is 19.4 Å². The summed E-state index contributed by atoms with van der Waals surface area (Å²) in [5, 5.41) is 10.1. The van der Waals surface area contributed by atoms with Gasteiger partial charge in [-0.3, -0.25) is 9.59 Å². The highest BCUT2D eigenvalue weighted by Gasteiger charge is 2.40. The Morgan fingerprint density at radius 2 is 1.61 bits per heavy atom. The van der Waals surface area contributed by atoms with Gasteiger partial charge in [-0.05, 0) is 36.8 Å². The second kappa shape index (κ2) is 5.96. The summed E-state index contributed by atoms with van der Waals surface area (Å²) < 4.78 is 5.34. The largest absolute Gasteiger partial charge is 0.502 e. The maximum atomic E-state index is 12.6. The number of rotatable bonds is 4. The zero-order valence-corrected chi connectivity index (χ0v) is 12.5. The lowest BCUT2D eigenvalue weighted by atomic mass is 10.1. The van der Waals surface area contributed by atoms with E-state index in [9.17, 15) is 14.7 Å². The molecular weight excluding hydrogens is 294 g/mol. The first-order chi connectivity index (χ1) is 11.1. The standard InChI is InChI=1S/C18H15NO4/c1-2-23-14-10-8-13(9-11-14)19-17(21)15(16(20)18(19)22)12-6-4-3-5-7-12/h3-11,20H,2H2,1H3. The third-order valence-electron chi connectivity index (χ3n) is 3.53. The Hall–Kier alpha value is -3.08. The first kappa shape index (κ1) is 14.8. The Balaban J connectivity index is 1.95. The summed E-state index contributed by atoms with van der Waals surface area (Å²) in [7, 11) is 0. The number of amides is 2. The average Bonchev–Trinajstić information content (AvgIpc) is 2.79. The number of hydrogen-bond donors (Lipinski definition) is 1. The Kier molecular flexibility index (Phi) is 3.85. The predicted octanol–water partition coefficient (Wildman–Crippen LogP) is 2.93. The van der Waals surface area contributed by atoms with Crippen LogP contribution in [0.1, 0.15) is 12.5 Å². The van der Waals surface area contributed by atoms with Gasteiger partial charge < -0.3 is 9.84 Å². The van der Waals surface area contributed by atoms with Crippen LogP contribution in [0.5, 0.6) is 5.75 Å². The van der Waals surface area contributed by atoms with Crippen LogP contribution in [-0.2, 0) is 9.59 Å². The molecule has 0 bridgehead atoms. The highest BCUT2D eigenvalue weighted by Crippen LogP contribution is 2.32. The third-order valence-corrected chi connectivity index (χ3v) is 3.53. The van der Waals surface area contributed by atoms with E-state index in [1.165, 1.54) is 0 Å². The van der Waals surface area contributed by atoms with Crippen molar-refractivity contribution in [1.29, 1.82) is 0 Å². The molecule has 116 valence electrons. The number of benzene rings is 2. The summed E-state index contributed by atoms with van der Waals surface area (Å²) in [5.41, 5.74) is 0.919. The van der Waals surface area contributed by atoms with Gasteiger partial charge in [0.1, 0.15) is 5.75 Å². The lowest BCUT2D eigenvalue weighted by molar-refractivity contribution is -0.121. The highest BCUT2D eigenvalue weighted by atomic mass is 16.5. The van der Waals surface area contributed by atoms with E-state index < -0.39 is 17.6 Å². The molecule has 1 aliphatic heterocycles. The van der Waals surface area contributed by atoms with Crippen LogP contribution in [0.25, 0.3) is 5.57 Å². The summed E-state index contributed by atoms with van der Waals surface area (Å²) in [6.07, 6.45) is 0. The molecule has 1 aliphatic rings. The van der Waals surface area contributed by atoms with Crippen molar-refractivity contribution in [3.8, 4) is 5.75 Å². The van der Waals surface area contributed by atoms with Crippen LogP contribution in [0, 0.1) is 0 Å². The number of nitrogens with zero attached hydrogens (tertiary/aromatic N) is 1. The van der Waals surface area contributed by atoms with E-state index in [1.54, 1.807) is 54.6 Å². The van der Waals surface area contributed by atoms with Gasteiger partial charge in [0.25, 0.3) is 5.91 Å². The summed E-state index contributed by atoms with van der Waals surface area (Å²) in [4.78, 5) is 25.8. The van der Waals surface area contributed by atoms with E-state index in [1.807, 2.05) is 6.92 Å². The molecule has 1 heterocycles. The van der Waals surface area contributed by atoms with Gasteiger partial charge in [-0.15, -0.1) is 0 Å². The van der Waals surface area contributed by atoms with E-state index in [4.69, 9.17) is 4.74 Å². The first-order valence-electron chi connectivity index (χ1n) is 7.23. The van der Waals surface area contributed by atoms with Crippen LogP contribution in [0.3, 0.4) is 0 Å². The Morgan fingerprint density at radius 1 is 0.957 bits per heavy atom. The van der Waals surface area contributed by atoms with Crippen molar-refractivity contribution in [3.05, 3.63) is 65.9 Å². The minimum Gasteiger partial charge on any atom is -0.502 e. The fraction of sp³-hybridized carbons (Fsp3) is 0.111. The van der Waals surface area contributed by atoms with Crippen LogP contribution >= 0.6 is 0 Å². The van der Waals surface area contributed by atoms with Gasteiger partial charge in [0.2, 0.25) is 0 Å². The molecule has 0 unspecified atom stereocenters. The van der Waals surface area contributed by atoms with Gasteiger partial charge in [-0.2, -0.15) is 0 Å². The highest BCUT2D eigenvalue weighted by molar-refractivity contribution is 6.44. The Morgan fingerprint density at radius 3 is 2.22 bits per heavy atom. The topological polar surface area (TPSA) is 66.8 Å². The molecule has 2 aromatic rings. The second-order valence-electron chi connectivity index (χ2n) is 4.96. The van der Waals surface area contributed by atoms with Gasteiger partial charge in [0, 0.05) is 0 Å². The summed E-state index contributed by atoms with van der Waals surface area (Å²) in [5.74, 6) is -1.15. The third kappa shape index (κ3) is 2.57. The van der Waals surface area contributed by atoms with E-state index in [0.717, 1.165) is 4.90 Å². The molecule has 2 aromatic carbocycles. The zero-order valence-electron chi connectivity index (χ0n) is 12.5. The molecule has 0 aliphatic carbocycles. The van der Waals surface area contributed by atoms with Gasteiger partial charge in [0.05, 0.1) is 17.9 Å². The molecular formula is C18H15NO4. The van der Waals surface area contributed by atoms with Crippen molar-refractivity contribution in [3.63, 3.8) is 0 Å². The monoisotopic (exact) mass is 309 g/mol. The molecule has 2 amide bonds. The van der Waals surface area contributed by atoms with Crippen molar-refractivity contribution in [2.75, 3.05) is 11.5 Å². The number of carbonyl (C=O) groups excluding carboxylic acids is 2. The minimum atomic E-state index is -0.724. The van der Waals surface area contributed by atoms with Gasteiger partial charge in [-0.1, -0.05) is 30.3 Å². The zero-order chi connectivity index (χ0) is 16.4. The molecule has 1 N–H and O–H groups in total. The van der Waals surface area contributed by atoms with Crippen LogP contribution < -0.4 is 9.64 Å². The van der Waals surface area contributed by atoms with Gasteiger partial charge in [-0.25, -0.2) is 4.90 Å². The SMILES string of the molecule is CCOc1ccc(N2C(=O)C(O)=C(c3ccccc3)C2=O)cc1. The van der Waals surface area contributed by atoms with Crippen LogP contribution in [-0.4, -0.2) is 23.5 Å². The maximum absolute atomic E-state index is 12.6. The molecule has 0 saturated carbocycles. The molecule has 0 atom stereocenters. The van der Waals surface area contributed by atoms with E-state index in [0.29, 0.717) is 23.6 Å². The van der Waals surface area contributed by atoms with Crippen LogP contribution in [0.2, 0.25) is 0 Å². The number of carbonyl (C=O) groups is 2. The van der Waals surface area contributed by atoms with Crippen molar-refractivity contribution in [1.82, 2.24) is 0 Å². The summed E-state index contributed by atoms with van der Waals surface area (Å²) >= 11 is 0. The van der Waals surface area contributed by atoms with E-state index in [2.05, 4.69) is 0 Å². The molecule has 5 nitrogen and oxygen atoms in total. The lowest BCUT2D eigenvalue weighted by Gasteiger charge is -2.15. The first-order valence-corrected chi connectivity index (χ1v) is 7.23. The predicted molar refractivity (Wildman–Crippen MR) is 86.1 cm³/mol. The Labute approximate surface area is 133 Å². The van der Waals surface area contributed by atoms with E-state index >= 15 is 0 Å². The molecule has 0 radical (unpaired) electrons. The van der Waals surface area contributed by atoms with E-state index in [-0.39, 0.29) is 5.57 Å². The van der Waals surface area contributed by atoms with Crippen LogP contribution in [0.4, 0.5) is 5.69 Å². The summed E-state index contributed by atoms with van der Waals surface area (Å²) in [6, 6.07) is 15.2. The quantitative estimate of drug-likeness (QED) is 0.882. The molecule has 0 fully saturated rings. The van der Waals surface area contributed by atoms with Crippen molar-refractivity contribution in [2.45, 2.75) is 6.92 Å². The van der Waals surface area contributed by atoms with Gasteiger partial charge in [0.15, 0.2) is 5.76 Å². The molecule has 0 saturated heterocycles. The van der Waals surface area contributed by atoms with Crippen LogP contribution in [0.15, 0.2) is 60.4 Å². The maximum Gasteiger partial charge on any atom is 0.301 e. The Bertz CT molecular complexity index is 778. The normalized spacial score (nSPS) is 14.6. The fourth-order valence-electron chi connectivity index (χ4n) is 2.48. The molecule has 3 rings (SSSR count). The number of ether oxygens (including phenoxy) is 1. The van der Waals surface area contributed by atoms with Crippen molar-refractivity contribution >= 4 is 23.1 Å². The molecule has 5 heteroatoms. The number of imide groups is 1. The smallest absolute Gasteiger partial charge is 0.301 e. The second-order valence-corrected chi connectivity index (χ2v) is 4.96. The summed E-state index contributed by atoms with van der Waals surface area (Å²) in [6.45, 7) is 2.40. The minimum absolute atomic E-state index is 0.0180.